The number of carbonyl (C=O) groups excluding carboxylic acids is 1. The maximum Gasteiger partial charge on any atom is 0.224 e. The van der Waals surface area contributed by atoms with Gasteiger partial charge in [0.25, 0.3) is 0 Å². The number of piperidine rings is 1. The molecule has 0 spiro atoms. The van der Waals surface area contributed by atoms with E-state index in [1.54, 1.807) is 0 Å². The van der Waals surface area contributed by atoms with Gasteiger partial charge in [-0.2, -0.15) is 0 Å². The normalized spacial score (nSPS) is 36.5. The predicted octanol–water partition coefficient (Wildman–Crippen LogP) is 0.758. The minimum Gasteiger partial charge on any atom is -0.356 e. The molecule has 1 saturated carbocycles. The van der Waals surface area contributed by atoms with Crippen molar-refractivity contribution in [2.45, 2.75) is 26.2 Å². The molecule has 1 saturated heterocycles. The monoisotopic (exact) mass is 196 g/mol. The molecule has 2 N–H and O–H groups in total. The van der Waals surface area contributed by atoms with E-state index in [2.05, 4.69) is 17.6 Å². The van der Waals surface area contributed by atoms with Crippen molar-refractivity contribution < 1.29 is 4.79 Å². The van der Waals surface area contributed by atoms with Gasteiger partial charge < -0.3 is 10.6 Å². The highest BCUT2D eigenvalue weighted by Crippen LogP contribution is 2.36. The van der Waals surface area contributed by atoms with E-state index < -0.39 is 0 Å². The number of carbonyl (C=O) groups is 1. The Balaban J connectivity index is 1.66. The molecule has 2 aliphatic rings. The maximum atomic E-state index is 11.7. The maximum absolute atomic E-state index is 11.7. The Morgan fingerprint density at radius 1 is 1.57 bits per heavy atom. The second-order valence-electron chi connectivity index (χ2n) is 4.76. The Morgan fingerprint density at radius 3 is 2.93 bits per heavy atom. The first-order valence-electron chi connectivity index (χ1n) is 5.76. The zero-order chi connectivity index (χ0) is 9.97. The summed E-state index contributed by atoms with van der Waals surface area (Å²) in [6, 6.07) is 0. The molecular weight excluding hydrogens is 176 g/mol. The van der Waals surface area contributed by atoms with E-state index in [0.717, 1.165) is 44.3 Å². The van der Waals surface area contributed by atoms with E-state index in [1.165, 1.54) is 6.42 Å². The van der Waals surface area contributed by atoms with Gasteiger partial charge in [0, 0.05) is 13.1 Å². The lowest BCUT2D eigenvalue weighted by Gasteiger charge is -2.21. The lowest BCUT2D eigenvalue weighted by molar-refractivity contribution is -0.125. The molecule has 2 rings (SSSR count). The van der Waals surface area contributed by atoms with E-state index in [1.807, 2.05) is 0 Å². The van der Waals surface area contributed by atoms with Crippen LogP contribution in [0.3, 0.4) is 0 Å². The summed E-state index contributed by atoms with van der Waals surface area (Å²) in [5.41, 5.74) is 0. The van der Waals surface area contributed by atoms with Crippen LogP contribution in [0.4, 0.5) is 0 Å². The molecule has 14 heavy (non-hydrogen) atoms. The van der Waals surface area contributed by atoms with Crippen molar-refractivity contribution in [3.63, 3.8) is 0 Å². The van der Waals surface area contributed by atoms with Crippen LogP contribution < -0.4 is 10.6 Å². The molecule has 3 atom stereocenters. The van der Waals surface area contributed by atoms with E-state index in [-0.39, 0.29) is 11.8 Å². The third-order valence-electron chi connectivity index (χ3n) is 3.48. The summed E-state index contributed by atoms with van der Waals surface area (Å²) >= 11 is 0. The van der Waals surface area contributed by atoms with E-state index in [9.17, 15) is 4.79 Å². The first-order valence-corrected chi connectivity index (χ1v) is 5.76. The molecule has 1 aliphatic heterocycles. The molecule has 2 fully saturated rings. The number of rotatable bonds is 3. The summed E-state index contributed by atoms with van der Waals surface area (Å²) in [5.74, 6) is 2.07. The standard InChI is InChI=1S/C11H20N2O/c1-8-5-10(8)7-13-11(14)9-3-2-4-12-6-9/h8-10,12H,2-7H2,1H3,(H,13,14)/t8?,9-,10?/m0/s1. The van der Waals surface area contributed by atoms with Crippen molar-refractivity contribution in [3.8, 4) is 0 Å². The number of hydrogen-bond acceptors (Lipinski definition) is 2. The van der Waals surface area contributed by atoms with E-state index in [0.29, 0.717) is 0 Å². The zero-order valence-corrected chi connectivity index (χ0v) is 8.88. The van der Waals surface area contributed by atoms with E-state index >= 15 is 0 Å². The molecular formula is C11H20N2O. The van der Waals surface area contributed by atoms with Crippen LogP contribution in [0, 0.1) is 17.8 Å². The molecule has 80 valence electrons. The third kappa shape index (κ3) is 2.47. The quantitative estimate of drug-likeness (QED) is 0.699. The Bertz CT molecular complexity index is 211. The van der Waals surface area contributed by atoms with Crippen molar-refractivity contribution in [2.75, 3.05) is 19.6 Å². The highest BCUT2D eigenvalue weighted by molar-refractivity contribution is 5.79. The van der Waals surface area contributed by atoms with Gasteiger partial charge in [0.05, 0.1) is 5.92 Å². The Morgan fingerprint density at radius 2 is 2.36 bits per heavy atom. The van der Waals surface area contributed by atoms with E-state index in [4.69, 9.17) is 0 Å². The fourth-order valence-corrected chi connectivity index (χ4v) is 2.14. The average Bonchev–Trinajstić information content (AvgIpc) is 2.92. The van der Waals surface area contributed by atoms with Crippen molar-refractivity contribution in [2.24, 2.45) is 17.8 Å². The molecule has 1 aliphatic carbocycles. The first kappa shape index (κ1) is 9.97. The van der Waals surface area contributed by atoms with Gasteiger partial charge in [0.1, 0.15) is 0 Å². The van der Waals surface area contributed by atoms with Crippen LogP contribution >= 0.6 is 0 Å². The van der Waals surface area contributed by atoms with Gasteiger partial charge in [0.15, 0.2) is 0 Å². The highest BCUT2D eigenvalue weighted by Gasteiger charge is 2.33. The van der Waals surface area contributed by atoms with Crippen LogP contribution in [0.15, 0.2) is 0 Å². The highest BCUT2D eigenvalue weighted by atomic mass is 16.1. The van der Waals surface area contributed by atoms with Gasteiger partial charge in [-0.1, -0.05) is 6.92 Å². The van der Waals surface area contributed by atoms with Crippen LogP contribution in [-0.2, 0) is 4.79 Å². The van der Waals surface area contributed by atoms with Gasteiger partial charge in [-0.25, -0.2) is 0 Å². The second-order valence-corrected chi connectivity index (χ2v) is 4.76. The molecule has 0 aromatic carbocycles. The SMILES string of the molecule is CC1CC1CNC(=O)[C@H]1CCCNC1. The summed E-state index contributed by atoms with van der Waals surface area (Å²) in [6.07, 6.45) is 3.49. The molecule has 0 aromatic rings. The van der Waals surface area contributed by atoms with Crippen molar-refractivity contribution in [1.82, 2.24) is 10.6 Å². The minimum absolute atomic E-state index is 0.220. The first-order chi connectivity index (χ1) is 6.77. The Labute approximate surface area is 85.6 Å². The Hall–Kier alpha value is -0.570. The smallest absolute Gasteiger partial charge is 0.224 e. The van der Waals surface area contributed by atoms with Gasteiger partial charge in [0.2, 0.25) is 5.91 Å². The fourth-order valence-electron chi connectivity index (χ4n) is 2.14. The lowest BCUT2D eigenvalue weighted by Crippen LogP contribution is -2.41. The van der Waals surface area contributed by atoms with Crippen LogP contribution in [-0.4, -0.2) is 25.5 Å². The lowest BCUT2D eigenvalue weighted by atomic mass is 9.99. The fraction of sp³-hybridized carbons (Fsp3) is 0.909. The van der Waals surface area contributed by atoms with Crippen molar-refractivity contribution in [3.05, 3.63) is 0 Å². The molecule has 0 radical (unpaired) electrons. The molecule has 0 aromatic heterocycles. The largest absolute Gasteiger partial charge is 0.356 e. The Kier molecular flexibility index (Phi) is 3.06. The molecule has 3 heteroatoms. The molecule has 1 amide bonds. The topological polar surface area (TPSA) is 41.1 Å². The van der Waals surface area contributed by atoms with Crippen LogP contribution in [0.2, 0.25) is 0 Å². The van der Waals surface area contributed by atoms with Gasteiger partial charge in [-0.05, 0) is 37.6 Å². The average molecular weight is 196 g/mol. The molecule has 0 bridgehead atoms. The molecule has 3 nitrogen and oxygen atoms in total. The van der Waals surface area contributed by atoms with Crippen LogP contribution in [0.1, 0.15) is 26.2 Å². The third-order valence-corrected chi connectivity index (χ3v) is 3.48. The number of hydrogen-bond donors (Lipinski definition) is 2. The number of amides is 1. The van der Waals surface area contributed by atoms with Gasteiger partial charge in [-0.15, -0.1) is 0 Å². The minimum atomic E-state index is 0.220. The molecule has 2 unspecified atom stereocenters. The van der Waals surface area contributed by atoms with Gasteiger partial charge >= 0.3 is 0 Å². The summed E-state index contributed by atoms with van der Waals surface area (Å²) < 4.78 is 0. The summed E-state index contributed by atoms with van der Waals surface area (Å²) in [5, 5.41) is 6.33. The number of nitrogens with one attached hydrogen (secondary N) is 2. The molecule has 1 heterocycles. The van der Waals surface area contributed by atoms with Crippen molar-refractivity contribution >= 4 is 5.91 Å². The van der Waals surface area contributed by atoms with Crippen molar-refractivity contribution in [1.29, 1.82) is 0 Å². The summed E-state index contributed by atoms with van der Waals surface area (Å²) in [4.78, 5) is 11.7. The summed E-state index contributed by atoms with van der Waals surface area (Å²) in [6.45, 7) is 5.09. The summed E-state index contributed by atoms with van der Waals surface area (Å²) in [7, 11) is 0. The van der Waals surface area contributed by atoms with Crippen LogP contribution in [0.25, 0.3) is 0 Å². The zero-order valence-electron chi connectivity index (χ0n) is 8.88. The van der Waals surface area contributed by atoms with Crippen LogP contribution in [0.5, 0.6) is 0 Å². The second kappa shape index (κ2) is 4.30. The predicted molar refractivity (Wildman–Crippen MR) is 55.9 cm³/mol. The van der Waals surface area contributed by atoms with Gasteiger partial charge in [-0.3, -0.25) is 4.79 Å².